The first kappa shape index (κ1) is 22.7. The van der Waals surface area contributed by atoms with Gasteiger partial charge in [-0.1, -0.05) is 6.58 Å². The van der Waals surface area contributed by atoms with E-state index in [2.05, 4.69) is 6.58 Å². The van der Waals surface area contributed by atoms with Gasteiger partial charge in [-0.2, -0.15) is 0 Å². The summed E-state index contributed by atoms with van der Waals surface area (Å²) in [6.07, 6.45) is 1.65. The molecule has 0 bridgehead atoms. The van der Waals surface area contributed by atoms with Crippen molar-refractivity contribution in [2.45, 2.75) is 39.3 Å². The molecule has 0 spiro atoms. The number of carbonyl (C=O) groups excluding carboxylic acids is 2. The Labute approximate surface area is 173 Å². The van der Waals surface area contributed by atoms with Crippen molar-refractivity contribution in [3.05, 3.63) is 35.9 Å². The minimum Gasteiger partial charge on any atom is -0.490 e. The second-order valence-electron chi connectivity index (χ2n) is 8.49. The number of benzene rings is 1. The molecule has 1 heterocycles. The van der Waals surface area contributed by atoms with Crippen LogP contribution in [0.1, 0.15) is 31.9 Å². The van der Waals surface area contributed by atoms with Gasteiger partial charge in [-0.3, -0.25) is 4.79 Å². The van der Waals surface area contributed by atoms with Crippen molar-refractivity contribution in [1.29, 1.82) is 0 Å². The molecule has 29 heavy (non-hydrogen) atoms. The summed E-state index contributed by atoms with van der Waals surface area (Å²) in [7, 11) is 5.66. The molecule has 1 aliphatic heterocycles. The highest BCUT2D eigenvalue weighted by molar-refractivity contribution is 6.01. The predicted molar refractivity (Wildman–Crippen MR) is 114 cm³/mol. The van der Waals surface area contributed by atoms with E-state index in [-0.39, 0.29) is 12.0 Å². The Bertz CT molecular complexity index is 768. The molecule has 7 nitrogen and oxygen atoms in total. The Hall–Kier alpha value is -2.54. The van der Waals surface area contributed by atoms with Crippen LogP contribution < -0.4 is 9.64 Å². The zero-order chi connectivity index (χ0) is 21.8. The van der Waals surface area contributed by atoms with Gasteiger partial charge in [0.1, 0.15) is 18.0 Å². The van der Waals surface area contributed by atoms with E-state index in [1.165, 1.54) is 11.0 Å². The Morgan fingerprint density at radius 2 is 1.90 bits per heavy atom. The predicted octanol–water partition coefficient (Wildman–Crippen LogP) is 3.07. The van der Waals surface area contributed by atoms with Crippen LogP contribution >= 0.6 is 0 Å². The van der Waals surface area contributed by atoms with Crippen molar-refractivity contribution in [1.82, 2.24) is 9.80 Å². The van der Waals surface area contributed by atoms with E-state index in [1.807, 2.05) is 51.9 Å². The SMILES string of the molecule is C=CC(=O)N(C)c1cc2c(cc1OCCN(C)C)CCN(C(=O)OC(C)(C)C)C2. The van der Waals surface area contributed by atoms with Gasteiger partial charge in [-0.05, 0) is 70.6 Å². The van der Waals surface area contributed by atoms with Crippen molar-refractivity contribution >= 4 is 17.7 Å². The van der Waals surface area contributed by atoms with Gasteiger partial charge in [0, 0.05) is 26.7 Å². The van der Waals surface area contributed by atoms with Gasteiger partial charge in [-0.25, -0.2) is 4.79 Å². The van der Waals surface area contributed by atoms with Crippen LogP contribution in [0.3, 0.4) is 0 Å². The average Bonchev–Trinajstić information content (AvgIpc) is 2.64. The molecule has 160 valence electrons. The summed E-state index contributed by atoms with van der Waals surface area (Å²) in [5.41, 5.74) is 2.23. The second-order valence-corrected chi connectivity index (χ2v) is 8.49. The Balaban J connectivity index is 2.30. The van der Waals surface area contributed by atoms with Crippen molar-refractivity contribution in [2.24, 2.45) is 0 Å². The van der Waals surface area contributed by atoms with E-state index in [0.29, 0.717) is 37.6 Å². The summed E-state index contributed by atoms with van der Waals surface area (Å²) in [6.45, 7) is 11.4. The molecular formula is C22H33N3O4. The quantitative estimate of drug-likeness (QED) is 0.683. The van der Waals surface area contributed by atoms with E-state index in [9.17, 15) is 9.59 Å². The molecule has 0 unspecified atom stereocenters. The van der Waals surface area contributed by atoms with Crippen LogP contribution in [-0.2, 0) is 22.5 Å². The van der Waals surface area contributed by atoms with Crippen LogP contribution in [0.15, 0.2) is 24.8 Å². The second kappa shape index (κ2) is 9.31. The number of fused-ring (bicyclic) bond motifs is 1. The van der Waals surface area contributed by atoms with Crippen LogP contribution in [-0.4, -0.2) is 68.2 Å². The zero-order valence-electron chi connectivity index (χ0n) is 18.4. The molecule has 2 rings (SSSR count). The molecule has 1 aliphatic rings. The normalized spacial score (nSPS) is 13.7. The molecule has 1 aromatic rings. The number of anilines is 1. The third-order valence-electron chi connectivity index (χ3n) is 4.61. The maximum Gasteiger partial charge on any atom is 0.410 e. The number of rotatable bonds is 6. The summed E-state index contributed by atoms with van der Waals surface area (Å²) in [5.74, 6) is 0.441. The van der Waals surface area contributed by atoms with Crippen molar-refractivity contribution < 1.29 is 19.1 Å². The van der Waals surface area contributed by atoms with E-state index < -0.39 is 5.60 Å². The van der Waals surface area contributed by atoms with E-state index in [4.69, 9.17) is 9.47 Å². The lowest BCUT2D eigenvalue weighted by Crippen LogP contribution is -2.40. The fourth-order valence-corrected chi connectivity index (χ4v) is 3.03. The molecule has 0 saturated carbocycles. The van der Waals surface area contributed by atoms with E-state index in [0.717, 1.165) is 17.7 Å². The number of likely N-dealkylation sites (N-methyl/N-ethyl adjacent to an activating group) is 2. The molecule has 0 saturated heterocycles. The number of carbonyl (C=O) groups is 2. The molecule has 0 aromatic heterocycles. The van der Waals surface area contributed by atoms with Crippen LogP contribution in [0.5, 0.6) is 5.75 Å². The summed E-state index contributed by atoms with van der Waals surface area (Å²) < 4.78 is 11.5. The van der Waals surface area contributed by atoms with Gasteiger partial charge in [0.25, 0.3) is 0 Å². The first-order chi connectivity index (χ1) is 13.5. The van der Waals surface area contributed by atoms with Gasteiger partial charge in [0.05, 0.1) is 5.69 Å². The summed E-state index contributed by atoms with van der Waals surface area (Å²) in [4.78, 5) is 29.9. The maximum atomic E-state index is 12.5. The monoisotopic (exact) mass is 403 g/mol. The third kappa shape index (κ3) is 6.22. The van der Waals surface area contributed by atoms with Crippen LogP contribution in [0.2, 0.25) is 0 Å². The van der Waals surface area contributed by atoms with Gasteiger partial charge < -0.3 is 24.2 Å². The van der Waals surface area contributed by atoms with Gasteiger partial charge in [0.2, 0.25) is 5.91 Å². The summed E-state index contributed by atoms with van der Waals surface area (Å²) in [5, 5.41) is 0. The molecule has 0 aliphatic carbocycles. The molecule has 1 aromatic carbocycles. The standard InChI is InChI=1S/C22H33N3O4/c1-8-20(26)24(7)18-13-17-15-25(21(27)29-22(2,3)4)10-9-16(17)14-19(18)28-12-11-23(5)6/h8,13-14H,1,9-12,15H2,2-7H3. The highest BCUT2D eigenvalue weighted by Crippen LogP contribution is 2.34. The van der Waals surface area contributed by atoms with Crippen molar-refractivity contribution in [2.75, 3.05) is 45.7 Å². The minimum absolute atomic E-state index is 0.220. The Kier molecular flexibility index (Phi) is 7.30. The molecule has 2 amide bonds. The minimum atomic E-state index is -0.538. The number of amides is 2. The van der Waals surface area contributed by atoms with Gasteiger partial charge in [-0.15, -0.1) is 0 Å². The lowest BCUT2D eigenvalue weighted by Gasteiger charge is -2.32. The van der Waals surface area contributed by atoms with Gasteiger partial charge >= 0.3 is 6.09 Å². The molecule has 0 fully saturated rings. The third-order valence-corrected chi connectivity index (χ3v) is 4.61. The molecule has 0 atom stereocenters. The average molecular weight is 404 g/mol. The molecule has 7 heteroatoms. The number of hydrogen-bond acceptors (Lipinski definition) is 5. The van der Waals surface area contributed by atoms with Gasteiger partial charge in [0.15, 0.2) is 0 Å². The fraction of sp³-hybridized carbons (Fsp3) is 0.545. The highest BCUT2D eigenvalue weighted by Gasteiger charge is 2.27. The molecule has 0 N–H and O–H groups in total. The lowest BCUT2D eigenvalue weighted by atomic mass is 9.98. The van der Waals surface area contributed by atoms with E-state index >= 15 is 0 Å². The zero-order valence-corrected chi connectivity index (χ0v) is 18.4. The van der Waals surface area contributed by atoms with Crippen LogP contribution in [0.4, 0.5) is 10.5 Å². The largest absolute Gasteiger partial charge is 0.490 e. The topological polar surface area (TPSA) is 62.3 Å². The number of nitrogens with zero attached hydrogens (tertiary/aromatic N) is 3. The first-order valence-corrected chi connectivity index (χ1v) is 9.83. The molecule has 0 radical (unpaired) electrons. The van der Waals surface area contributed by atoms with Crippen LogP contribution in [0.25, 0.3) is 0 Å². The fourth-order valence-electron chi connectivity index (χ4n) is 3.03. The lowest BCUT2D eigenvalue weighted by molar-refractivity contribution is -0.113. The highest BCUT2D eigenvalue weighted by atomic mass is 16.6. The van der Waals surface area contributed by atoms with Crippen LogP contribution in [0, 0.1) is 0 Å². The van der Waals surface area contributed by atoms with Crippen molar-refractivity contribution in [3.63, 3.8) is 0 Å². The number of ether oxygens (including phenoxy) is 2. The summed E-state index contributed by atoms with van der Waals surface area (Å²) in [6, 6.07) is 3.91. The van der Waals surface area contributed by atoms with E-state index in [1.54, 1.807) is 11.9 Å². The molecular weight excluding hydrogens is 370 g/mol. The Morgan fingerprint density at radius 1 is 1.21 bits per heavy atom. The first-order valence-electron chi connectivity index (χ1n) is 9.83. The van der Waals surface area contributed by atoms with Crippen molar-refractivity contribution in [3.8, 4) is 5.75 Å². The number of hydrogen-bond donors (Lipinski definition) is 0. The Morgan fingerprint density at radius 3 is 2.48 bits per heavy atom. The smallest absolute Gasteiger partial charge is 0.410 e. The summed E-state index contributed by atoms with van der Waals surface area (Å²) >= 11 is 0. The maximum absolute atomic E-state index is 12.5.